The number of nitro groups is 1. The molecule has 0 saturated heterocycles. The lowest BCUT2D eigenvalue weighted by molar-refractivity contribution is -0.380. The van der Waals surface area contributed by atoms with Gasteiger partial charge in [0, 0.05) is 39.8 Å². The van der Waals surface area contributed by atoms with Crippen LogP contribution in [0.3, 0.4) is 0 Å². The summed E-state index contributed by atoms with van der Waals surface area (Å²) in [5.74, 6) is -1.03. The normalized spacial score (nSPS) is 11.0. The molecule has 25 heavy (non-hydrogen) atoms. The SMILES string of the molecule is COCc1c(C(=O)OCc2csc([N+](=O)[O-])c2)sc2cccc(F)c12. The van der Waals surface area contributed by atoms with Gasteiger partial charge in [0.15, 0.2) is 0 Å². The fraction of sp³-hybridized carbons (Fsp3) is 0.188. The minimum absolute atomic E-state index is 0.0185. The monoisotopic (exact) mass is 381 g/mol. The molecule has 0 spiro atoms. The van der Waals surface area contributed by atoms with E-state index in [1.807, 2.05) is 0 Å². The van der Waals surface area contributed by atoms with Crippen molar-refractivity contribution in [2.45, 2.75) is 13.2 Å². The number of benzene rings is 1. The third-order valence-corrected chi connectivity index (χ3v) is 5.53. The maximum Gasteiger partial charge on any atom is 0.349 e. The van der Waals surface area contributed by atoms with Gasteiger partial charge < -0.3 is 9.47 Å². The number of carbonyl (C=O) groups excluding carboxylic acids is 1. The van der Waals surface area contributed by atoms with E-state index in [-0.39, 0.29) is 23.1 Å². The van der Waals surface area contributed by atoms with Crippen LogP contribution in [0.2, 0.25) is 0 Å². The van der Waals surface area contributed by atoms with Crippen molar-refractivity contribution in [3.8, 4) is 0 Å². The Balaban J connectivity index is 1.84. The summed E-state index contributed by atoms with van der Waals surface area (Å²) in [6, 6.07) is 5.98. The fourth-order valence-electron chi connectivity index (χ4n) is 2.36. The quantitative estimate of drug-likeness (QED) is 0.356. The van der Waals surface area contributed by atoms with Crippen LogP contribution in [0.5, 0.6) is 0 Å². The minimum atomic E-state index is -0.610. The van der Waals surface area contributed by atoms with Gasteiger partial charge in [-0.05, 0) is 12.1 Å². The molecule has 0 radical (unpaired) electrons. The van der Waals surface area contributed by atoms with Crippen LogP contribution < -0.4 is 0 Å². The molecule has 2 heterocycles. The van der Waals surface area contributed by atoms with Crippen LogP contribution >= 0.6 is 22.7 Å². The largest absolute Gasteiger partial charge is 0.457 e. The number of esters is 1. The van der Waals surface area contributed by atoms with Crippen LogP contribution in [0, 0.1) is 15.9 Å². The van der Waals surface area contributed by atoms with Gasteiger partial charge in [0.05, 0.1) is 11.5 Å². The average molecular weight is 381 g/mol. The highest BCUT2D eigenvalue weighted by molar-refractivity contribution is 7.21. The maximum atomic E-state index is 14.1. The second kappa shape index (κ2) is 7.26. The van der Waals surface area contributed by atoms with E-state index in [1.165, 1.54) is 19.2 Å². The van der Waals surface area contributed by atoms with E-state index >= 15 is 0 Å². The zero-order valence-electron chi connectivity index (χ0n) is 13.0. The Kier molecular flexibility index (Phi) is 5.07. The number of hydrogen-bond acceptors (Lipinski definition) is 7. The van der Waals surface area contributed by atoms with Crippen LogP contribution in [-0.2, 0) is 22.7 Å². The Hall–Kier alpha value is -2.36. The van der Waals surface area contributed by atoms with E-state index in [4.69, 9.17) is 9.47 Å². The number of nitrogens with zero attached hydrogens (tertiary/aromatic N) is 1. The number of methoxy groups -OCH3 is 1. The van der Waals surface area contributed by atoms with Crippen molar-refractivity contribution in [1.82, 2.24) is 0 Å². The number of thiophene rings is 2. The Morgan fingerprint density at radius 2 is 2.16 bits per heavy atom. The first-order chi connectivity index (χ1) is 12.0. The summed E-state index contributed by atoms with van der Waals surface area (Å²) in [4.78, 5) is 22.9. The van der Waals surface area contributed by atoms with Crippen molar-refractivity contribution in [2.24, 2.45) is 0 Å². The number of halogens is 1. The highest BCUT2D eigenvalue weighted by atomic mass is 32.1. The highest BCUT2D eigenvalue weighted by Gasteiger charge is 2.22. The maximum absolute atomic E-state index is 14.1. The molecule has 9 heteroatoms. The summed E-state index contributed by atoms with van der Waals surface area (Å²) in [7, 11) is 1.46. The lowest BCUT2D eigenvalue weighted by atomic mass is 10.1. The Morgan fingerprint density at radius 3 is 2.84 bits per heavy atom. The molecular formula is C16H12FNO5S2. The molecule has 0 atom stereocenters. The van der Waals surface area contributed by atoms with Crippen molar-refractivity contribution in [3.63, 3.8) is 0 Å². The molecule has 3 aromatic rings. The van der Waals surface area contributed by atoms with Gasteiger partial charge in [-0.2, -0.15) is 0 Å². The molecule has 0 bridgehead atoms. The van der Waals surface area contributed by atoms with E-state index < -0.39 is 16.7 Å². The van der Waals surface area contributed by atoms with Gasteiger partial charge in [-0.1, -0.05) is 17.4 Å². The Bertz CT molecular complexity index is 949. The Labute approximate surface area is 149 Å². The molecule has 2 aromatic heterocycles. The molecule has 3 rings (SSSR count). The van der Waals surface area contributed by atoms with Crippen molar-refractivity contribution >= 4 is 43.7 Å². The molecular weight excluding hydrogens is 369 g/mol. The zero-order chi connectivity index (χ0) is 18.0. The van der Waals surface area contributed by atoms with E-state index in [2.05, 4.69) is 0 Å². The topological polar surface area (TPSA) is 78.7 Å². The van der Waals surface area contributed by atoms with Gasteiger partial charge in [-0.25, -0.2) is 9.18 Å². The van der Waals surface area contributed by atoms with E-state index in [9.17, 15) is 19.3 Å². The lowest BCUT2D eigenvalue weighted by Gasteiger charge is -2.05. The molecule has 0 aliphatic heterocycles. The molecule has 0 aliphatic rings. The summed E-state index contributed by atoms with van der Waals surface area (Å²) in [5.41, 5.74) is 0.979. The molecule has 0 unspecified atom stereocenters. The van der Waals surface area contributed by atoms with Gasteiger partial charge in [-0.3, -0.25) is 10.1 Å². The van der Waals surface area contributed by atoms with Crippen molar-refractivity contribution in [3.05, 3.63) is 61.6 Å². The average Bonchev–Trinajstić information content (AvgIpc) is 3.19. The summed E-state index contributed by atoms with van der Waals surface area (Å²) in [6.07, 6.45) is 0. The second-order valence-corrected chi connectivity index (χ2v) is 7.02. The third kappa shape index (κ3) is 3.53. The summed E-state index contributed by atoms with van der Waals surface area (Å²) in [6.45, 7) is -0.0123. The smallest absolute Gasteiger partial charge is 0.349 e. The van der Waals surface area contributed by atoms with E-state index in [0.29, 0.717) is 21.2 Å². The Morgan fingerprint density at radius 1 is 1.36 bits per heavy atom. The van der Waals surface area contributed by atoms with Crippen molar-refractivity contribution in [2.75, 3.05) is 7.11 Å². The van der Waals surface area contributed by atoms with Crippen LogP contribution in [-0.4, -0.2) is 18.0 Å². The number of rotatable bonds is 6. The molecule has 6 nitrogen and oxygen atoms in total. The molecule has 0 saturated carbocycles. The molecule has 0 amide bonds. The first-order valence-corrected chi connectivity index (χ1v) is 8.78. The number of hydrogen-bond donors (Lipinski definition) is 0. The van der Waals surface area contributed by atoms with E-state index in [0.717, 1.165) is 22.7 Å². The summed E-state index contributed by atoms with van der Waals surface area (Å²) in [5, 5.41) is 12.6. The highest BCUT2D eigenvalue weighted by Crippen LogP contribution is 2.34. The standard InChI is InChI=1S/C16H12FNO5S2/c1-22-7-10-14-11(17)3-2-4-12(14)25-15(10)16(19)23-6-9-5-13(18(20)21)24-8-9/h2-5,8H,6-7H2,1H3. The van der Waals surface area contributed by atoms with Crippen LogP contribution in [0.25, 0.3) is 10.1 Å². The second-order valence-electron chi connectivity index (χ2n) is 5.08. The number of fused-ring (bicyclic) bond motifs is 1. The van der Waals surface area contributed by atoms with Gasteiger partial charge in [0.2, 0.25) is 0 Å². The van der Waals surface area contributed by atoms with E-state index in [1.54, 1.807) is 17.5 Å². The molecule has 1 aromatic carbocycles. The minimum Gasteiger partial charge on any atom is -0.457 e. The zero-order valence-corrected chi connectivity index (χ0v) is 14.6. The van der Waals surface area contributed by atoms with Crippen LogP contribution in [0.15, 0.2) is 29.6 Å². The lowest BCUT2D eigenvalue weighted by Crippen LogP contribution is -2.06. The van der Waals surface area contributed by atoms with Gasteiger partial charge in [-0.15, -0.1) is 11.3 Å². The predicted molar refractivity (Wildman–Crippen MR) is 92.6 cm³/mol. The van der Waals surface area contributed by atoms with Gasteiger partial charge in [0.1, 0.15) is 17.3 Å². The van der Waals surface area contributed by atoms with Crippen molar-refractivity contribution in [1.29, 1.82) is 0 Å². The number of ether oxygens (including phenoxy) is 2. The summed E-state index contributed by atoms with van der Waals surface area (Å²) < 4.78 is 25.1. The van der Waals surface area contributed by atoms with Gasteiger partial charge >= 0.3 is 11.0 Å². The first-order valence-electron chi connectivity index (χ1n) is 7.09. The van der Waals surface area contributed by atoms with Crippen LogP contribution in [0.1, 0.15) is 20.8 Å². The molecule has 0 aliphatic carbocycles. The van der Waals surface area contributed by atoms with Gasteiger partial charge in [0.25, 0.3) is 0 Å². The fourth-order valence-corrected chi connectivity index (χ4v) is 4.19. The first kappa shape index (κ1) is 17.5. The molecule has 130 valence electrons. The number of carbonyl (C=O) groups is 1. The molecule has 0 fully saturated rings. The molecule has 0 N–H and O–H groups in total. The third-order valence-electron chi connectivity index (χ3n) is 3.43. The van der Waals surface area contributed by atoms with Crippen molar-refractivity contribution < 1.29 is 23.6 Å². The van der Waals surface area contributed by atoms with Crippen LogP contribution in [0.4, 0.5) is 9.39 Å². The summed E-state index contributed by atoms with van der Waals surface area (Å²) >= 11 is 2.10. The predicted octanol–water partition coefficient (Wildman–Crippen LogP) is 4.51.